The summed E-state index contributed by atoms with van der Waals surface area (Å²) in [6.45, 7) is 1.57. The van der Waals surface area contributed by atoms with Crippen LogP contribution in [0, 0.1) is 5.41 Å². The quantitative estimate of drug-likeness (QED) is 0.871. The average Bonchev–Trinajstić information content (AvgIpc) is 2.97. The van der Waals surface area contributed by atoms with Crippen LogP contribution in [0.3, 0.4) is 0 Å². The van der Waals surface area contributed by atoms with Gasteiger partial charge in [0.2, 0.25) is 0 Å². The van der Waals surface area contributed by atoms with Gasteiger partial charge in [-0.15, -0.1) is 0 Å². The summed E-state index contributed by atoms with van der Waals surface area (Å²) in [6, 6.07) is 7.09. The summed E-state index contributed by atoms with van der Waals surface area (Å²) in [5.74, 6) is 0. The van der Waals surface area contributed by atoms with Crippen LogP contribution in [-0.4, -0.2) is 27.6 Å². The fraction of sp³-hybridized carbons (Fsp3) is 0.500. The number of hydrogen-bond acceptors (Lipinski definition) is 4. The topological polar surface area (TPSA) is 66.6 Å². The zero-order chi connectivity index (χ0) is 14.7. The molecule has 0 saturated heterocycles. The molecular formula is C16H21N3O2. The van der Waals surface area contributed by atoms with Crippen LogP contribution in [0.25, 0.3) is 5.65 Å². The number of nitrogens with zero attached hydrogens (tertiary/aromatic N) is 2. The fourth-order valence-corrected chi connectivity index (χ4v) is 3.17. The number of aromatic nitrogens is 2. The SMILES string of the molecule is O=c1cc(CNCC2(CO)CCCC2)nc2ccccn12. The van der Waals surface area contributed by atoms with E-state index in [1.54, 1.807) is 12.3 Å². The van der Waals surface area contributed by atoms with Gasteiger partial charge < -0.3 is 10.4 Å². The fourth-order valence-electron chi connectivity index (χ4n) is 3.17. The highest BCUT2D eigenvalue weighted by Crippen LogP contribution is 2.36. The molecule has 1 saturated carbocycles. The van der Waals surface area contributed by atoms with Crippen LogP contribution >= 0.6 is 0 Å². The van der Waals surface area contributed by atoms with Gasteiger partial charge in [0.1, 0.15) is 5.65 Å². The van der Waals surface area contributed by atoms with Crippen LogP contribution in [0.5, 0.6) is 0 Å². The highest BCUT2D eigenvalue weighted by atomic mass is 16.3. The lowest BCUT2D eigenvalue weighted by atomic mass is 9.87. The van der Waals surface area contributed by atoms with Gasteiger partial charge in [0.25, 0.3) is 5.56 Å². The Morgan fingerprint density at radius 3 is 2.90 bits per heavy atom. The minimum absolute atomic E-state index is 0.0197. The molecule has 2 heterocycles. The molecule has 3 rings (SSSR count). The molecule has 21 heavy (non-hydrogen) atoms. The van der Waals surface area contributed by atoms with Gasteiger partial charge in [0.05, 0.1) is 5.69 Å². The van der Waals surface area contributed by atoms with Crippen molar-refractivity contribution in [1.29, 1.82) is 0 Å². The second kappa shape index (κ2) is 5.95. The average molecular weight is 287 g/mol. The number of pyridine rings is 1. The summed E-state index contributed by atoms with van der Waals surface area (Å²) in [7, 11) is 0. The number of aliphatic hydroxyl groups excluding tert-OH is 1. The predicted molar refractivity (Wildman–Crippen MR) is 81.2 cm³/mol. The van der Waals surface area contributed by atoms with Gasteiger partial charge >= 0.3 is 0 Å². The van der Waals surface area contributed by atoms with E-state index in [-0.39, 0.29) is 17.6 Å². The Morgan fingerprint density at radius 1 is 1.33 bits per heavy atom. The summed E-state index contributed by atoms with van der Waals surface area (Å²) in [5, 5.41) is 12.9. The predicted octanol–water partition coefficient (Wildman–Crippen LogP) is 1.34. The molecule has 1 fully saturated rings. The van der Waals surface area contributed by atoms with Crippen molar-refractivity contribution in [2.75, 3.05) is 13.2 Å². The minimum Gasteiger partial charge on any atom is -0.396 e. The molecule has 2 aromatic heterocycles. The normalized spacial score (nSPS) is 17.4. The molecule has 0 atom stereocenters. The van der Waals surface area contributed by atoms with Gasteiger partial charge in [-0.05, 0) is 25.0 Å². The van der Waals surface area contributed by atoms with Crippen molar-refractivity contribution in [2.45, 2.75) is 32.2 Å². The lowest BCUT2D eigenvalue weighted by Gasteiger charge is -2.26. The van der Waals surface area contributed by atoms with Crippen molar-refractivity contribution in [3.63, 3.8) is 0 Å². The maximum absolute atomic E-state index is 12.0. The van der Waals surface area contributed by atoms with E-state index < -0.39 is 0 Å². The Hall–Kier alpha value is -1.72. The van der Waals surface area contributed by atoms with E-state index >= 15 is 0 Å². The number of rotatable bonds is 5. The Balaban J connectivity index is 1.69. The van der Waals surface area contributed by atoms with Crippen molar-refractivity contribution in [3.05, 3.63) is 46.5 Å². The van der Waals surface area contributed by atoms with E-state index in [1.807, 2.05) is 18.2 Å². The molecule has 5 nitrogen and oxygen atoms in total. The van der Waals surface area contributed by atoms with Crippen molar-refractivity contribution in [2.24, 2.45) is 5.41 Å². The van der Waals surface area contributed by atoms with E-state index in [0.717, 1.165) is 25.1 Å². The first-order valence-corrected chi connectivity index (χ1v) is 7.51. The molecule has 1 aliphatic carbocycles. The molecule has 2 aromatic rings. The van der Waals surface area contributed by atoms with Gasteiger partial charge in [0, 0.05) is 37.4 Å². The monoisotopic (exact) mass is 287 g/mol. The molecule has 0 radical (unpaired) electrons. The van der Waals surface area contributed by atoms with E-state index in [9.17, 15) is 9.90 Å². The molecule has 0 bridgehead atoms. The van der Waals surface area contributed by atoms with E-state index in [2.05, 4.69) is 10.3 Å². The summed E-state index contributed by atoms with van der Waals surface area (Å²) < 4.78 is 1.54. The largest absolute Gasteiger partial charge is 0.396 e. The molecule has 0 aliphatic heterocycles. The van der Waals surface area contributed by atoms with Crippen LogP contribution < -0.4 is 10.9 Å². The molecule has 0 amide bonds. The van der Waals surface area contributed by atoms with Crippen LogP contribution in [-0.2, 0) is 6.54 Å². The Bertz CT molecular complexity index is 675. The molecule has 0 spiro atoms. The molecule has 5 heteroatoms. The first kappa shape index (κ1) is 14.2. The maximum atomic E-state index is 12.0. The van der Waals surface area contributed by atoms with Gasteiger partial charge in [0.15, 0.2) is 0 Å². The lowest BCUT2D eigenvalue weighted by Crippen LogP contribution is -2.35. The van der Waals surface area contributed by atoms with Crippen LogP contribution in [0.2, 0.25) is 0 Å². The van der Waals surface area contributed by atoms with E-state index in [1.165, 1.54) is 17.2 Å². The molecule has 1 aliphatic rings. The van der Waals surface area contributed by atoms with Crippen molar-refractivity contribution in [3.8, 4) is 0 Å². The van der Waals surface area contributed by atoms with Crippen LogP contribution in [0.1, 0.15) is 31.4 Å². The molecule has 0 aromatic carbocycles. The number of aliphatic hydroxyl groups is 1. The van der Waals surface area contributed by atoms with Crippen molar-refractivity contribution >= 4 is 5.65 Å². The summed E-state index contributed by atoms with van der Waals surface area (Å²) in [5.41, 5.74) is 1.37. The maximum Gasteiger partial charge on any atom is 0.258 e. The second-order valence-corrected chi connectivity index (χ2v) is 5.98. The minimum atomic E-state index is -0.0601. The van der Waals surface area contributed by atoms with Crippen molar-refractivity contribution in [1.82, 2.24) is 14.7 Å². The third-order valence-corrected chi connectivity index (χ3v) is 4.43. The number of nitrogens with one attached hydrogen (secondary N) is 1. The standard InChI is InChI=1S/C16H21N3O2/c20-12-16(6-2-3-7-16)11-17-10-13-9-15(21)19-8-4-1-5-14(19)18-13/h1,4-5,8-9,17,20H,2-3,6-7,10-12H2. The third-order valence-electron chi connectivity index (χ3n) is 4.43. The smallest absolute Gasteiger partial charge is 0.258 e. The number of hydrogen-bond donors (Lipinski definition) is 2. The van der Waals surface area contributed by atoms with Gasteiger partial charge in [-0.3, -0.25) is 9.20 Å². The highest BCUT2D eigenvalue weighted by Gasteiger charge is 2.32. The zero-order valence-electron chi connectivity index (χ0n) is 12.1. The van der Waals surface area contributed by atoms with Gasteiger partial charge in [-0.25, -0.2) is 4.98 Å². The summed E-state index contributed by atoms with van der Waals surface area (Å²) in [6.07, 6.45) is 6.26. The lowest BCUT2D eigenvalue weighted by molar-refractivity contribution is 0.128. The van der Waals surface area contributed by atoms with E-state index in [4.69, 9.17) is 0 Å². The summed E-state index contributed by atoms with van der Waals surface area (Å²) >= 11 is 0. The Morgan fingerprint density at radius 2 is 2.14 bits per heavy atom. The first-order valence-electron chi connectivity index (χ1n) is 7.51. The Kier molecular flexibility index (Phi) is 4.03. The van der Waals surface area contributed by atoms with Gasteiger partial charge in [-0.2, -0.15) is 0 Å². The number of fused-ring (bicyclic) bond motifs is 1. The highest BCUT2D eigenvalue weighted by molar-refractivity contribution is 5.37. The van der Waals surface area contributed by atoms with Crippen LogP contribution in [0.15, 0.2) is 35.3 Å². The third kappa shape index (κ3) is 2.99. The van der Waals surface area contributed by atoms with Crippen LogP contribution in [0.4, 0.5) is 0 Å². The second-order valence-electron chi connectivity index (χ2n) is 5.98. The van der Waals surface area contributed by atoms with Gasteiger partial charge in [-0.1, -0.05) is 18.9 Å². The Labute approximate surface area is 123 Å². The summed E-state index contributed by atoms with van der Waals surface area (Å²) in [4.78, 5) is 16.5. The molecule has 2 N–H and O–H groups in total. The molecule has 112 valence electrons. The first-order chi connectivity index (χ1) is 10.2. The molecule has 0 unspecified atom stereocenters. The molecular weight excluding hydrogens is 266 g/mol. The van der Waals surface area contributed by atoms with E-state index in [0.29, 0.717) is 12.2 Å². The van der Waals surface area contributed by atoms with Crippen molar-refractivity contribution < 1.29 is 5.11 Å². The zero-order valence-corrected chi connectivity index (χ0v) is 12.1.